The molecule has 0 spiro atoms. The number of hydrogen-bond donors (Lipinski definition) is 1. The summed E-state index contributed by atoms with van der Waals surface area (Å²) in [6.07, 6.45) is 0. The van der Waals surface area contributed by atoms with Gasteiger partial charge in [0.15, 0.2) is 5.75 Å². The van der Waals surface area contributed by atoms with E-state index in [0.29, 0.717) is 23.5 Å². The van der Waals surface area contributed by atoms with Gasteiger partial charge in [0.2, 0.25) is 0 Å². The number of azo groups is 2. The van der Waals surface area contributed by atoms with Crippen molar-refractivity contribution in [3.8, 4) is 5.75 Å². The van der Waals surface area contributed by atoms with Crippen LogP contribution in [0.2, 0.25) is 0 Å². The molecule has 0 fully saturated rings. The lowest BCUT2D eigenvalue weighted by atomic mass is 10.1. The molecule has 14 nitrogen and oxygen atoms in total. The van der Waals surface area contributed by atoms with E-state index in [-0.39, 0.29) is 11.8 Å². The average molecular weight is 590 g/mol. The summed E-state index contributed by atoms with van der Waals surface area (Å²) in [6.45, 7) is 0. The molecule has 0 aliphatic heterocycles. The van der Waals surface area contributed by atoms with Gasteiger partial charge in [-0.1, -0.05) is 18.2 Å². The summed E-state index contributed by atoms with van der Waals surface area (Å²) in [4.78, 5) is -3.84. The Morgan fingerprint density at radius 2 is 1.05 bits per heavy atom. The average Bonchev–Trinajstić information content (AvgIpc) is 2.85. The molecule has 0 heterocycles. The molecule has 0 aliphatic rings. The van der Waals surface area contributed by atoms with Crippen molar-refractivity contribution in [2.24, 2.45) is 20.5 Å². The van der Waals surface area contributed by atoms with Crippen LogP contribution in [-0.4, -0.2) is 44.0 Å². The van der Waals surface area contributed by atoms with Gasteiger partial charge in [-0.3, -0.25) is 0 Å². The topological polar surface area (TPSA) is 241 Å². The molecular weight excluding hydrogens is 576 g/mol. The third kappa shape index (κ3) is 6.30. The van der Waals surface area contributed by atoms with E-state index in [9.17, 15) is 44.0 Å². The molecule has 0 saturated carbocycles. The molecule has 0 bridgehead atoms. The number of rotatable bonds is 7. The first-order valence-electron chi connectivity index (χ1n) is 10.3. The first-order chi connectivity index (χ1) is 18.1. The van der Waals surface area contributed by atoms with Gasteiger partial charge in [0.25, 0.3) is 0 Å². The minimum absolute atomic E-state index is 0.0712. The Kier molecular flexibility index (Phi) is 7.30. The number of phenols is 1. The van der Waals surface area contributed by atoms with E-state index in [1.165, 1.54) is 24.3 Å². The van der Waals surface area contributed by atoms with Crippen molar-refractivity contribution >= 4 is 63.9 Å². The van der Waals surface area contributed by atoms with Gasteiger partial charge in [-0.15, -0.1) is 5.11 Å². The number of nitrogens with zero attached hydrogens (tertiary/aromatic N) is 4. The van der Waals surface area contributed by atoms with Crippen LogP contribution in [0.25, 0.3) is 10.8 Å². The zero-order valence-electron chi connectivity index (χ0n) is 19.1. The van der Waals surface area contributed by atoms with Crippen molar-refractivity contribution in [3.63, 3.8) is 0 Å². The fraction of sp³-hybridized carbons (Fsp3) is 0. The lowest BCUT2D eigenvalue weighted by Gasteiger charge is -2.19. The van der Waals surface area contributed by atoms with Gasteiger partial charge < -0.3 is 18.8 Å². The number of fused-ring (bicyclic) bond motifs is 1. The lowest BCUT2D eigenvalue weighted by Crippen LogP contribution is -2.06. The molecule has 0 atom stereocenters. The van der Waals surface area contributed by atoms with Crippen molar-refractivity contribution in [1.82, 2.24) is 0 Å². The largest absolute Gasteiger partial charge is 0.744 e. The molecule has 17 heteroatoms. The maximum Gasteiger partial charge on any atom is 0.161 e. The minimum atomic E-state index is -5.53. The monoisotopic (exact) mass is 589 g/mol. The number of benzene rings is 4. The molecular formula is C22H13N4O10S3-3. The molecule has 0 amide bonds. The van der Waals surface area contributed by atoms with E-state index in [1.807, 2.05) is 6.07 Å². The summed E-state index contributed by atoms with van der Waals surface area (Å²) in [5.41, 5.74) is 0.117. The predicted octanol–water partition coefficient (Wildman–Crippen LogP) is 4.09. The van der Waals surface area contributed by atoms with Crippen LogP contribution >= 0.6 is 0 Å². The standard InChI is InChI=1S/C22H16N4O10S3/c27-22-19(39(34,35)36)11-13-10-17(37(28,29)30)12-18(38(31,32)33)20(13)21(22)26-25-16-8-6-15(7-9-16)24-23-14-4-2-1-3-5-14/h1-12,27H,(H,28,29,30)(H,31,32,33)(H,34,35,36)/p-3. The second-order valence-electron chi connectivity index (χ2n) is 7.71. The van der Waals surface area contributed by atoms with Crippen LogP contribution in [0.3, 0.4) is 0 Å². The third-order valence-electron chi connectivity index (χ3n) is 5.07. The van der Waals surface area contributed by atoms with Gasteiger partial charge in [0.1, 0.15) is 36.0 Å². The Hall–Kier alpha value is -4.13. The zero-order valence-corrected chi connectivity index (χ0v) is 21.5. The molecule has 202 valence electrons. The van der Waals surface area contributed by atoms with Crippen molar-refractivity contribution in [2.75, 3.05) is 0 Å². The van der Waals surface area contributed by atoms with Gasteiger partial charge in [0.05, 0.1) is 31.7 Å². The summed E-state index contributed by atoms with van der Waals surface area (Å²) < 4.78 is 106. The Morgan fingerprint density at radius 1 is 0.564 bits per heavy atom. The molecule has 0 aromatic heterocycles. The number of phenolic OH excluding ortho intramolecular Hbond substituents is 1. The van der Waals surface area contributed by atoms with Gasteiger partial charge >= 0.3 is 0 Å². The number of aromatic hydroxyl groups is 1. The van der Waals surface area contributed by atoms with Crippen LogP contribution in [0.1, 0.15) is 0 Å². The summed E-state index contributed by atoms with van der Waals surface area (Å²) in [7, 11) is -16.3. The summed E-state index contributed by atoms with van der Waals surface area (Å²) >= 11 is 0. The Balaban J connectivity index is 1.88. The van der Waals surface area contributed by atoms with E-state index in [1.54, 1.807) is 24.3 Å². The maximum absolute atomic E-state index is 11.9. The second-order valence-corrected chi connectivity index (χ2v) is 11.8. The first kappa shape index (κ1) is 27.9. The van der Waals surface area contributed by atoms with Crippen LogP contribution in [0.5, 0.6) is 5.75 Å². The molecule has 0 saturated heterocycles. The molecule has 4 aromatic rings. The molecule has 0 aliphatic carbocycles. The van der Waals surface area contributed by atoms with E-state index < -0.39 is 67.3 Å². The van der Waals surface area contributed by atoms with Crippen LogP contribution in [0, 0.1) is 0 Å². The fourth-order valence-corrected chi connectivity index (χ4v) is 5.30. The molecule has 0 radical (unpaired) electrons. The van der Waals surface area contributed by atoms with Crippen molar-refractivity contribution in [1.29, 1.82) is 0 Å². The molecule has 4 aromatic carbocycles. The van der Waals surface area contributed by atoms with Crippen molar-refractivity contribution in [2.45, 2.75) is 14.7 Å². The first-order valence-corrected chi connectivity index (χ1v) is 14.6. The minimum Gasteiger partial charge on any atom is -0.744 e. The van der Waals surface area contributed by atoms with Gasteiger partial charge in [-0.2, -0.15) is 15.3 Å². The summed E-state index contributed by atoms with van der Waals surface area (Å²) in [5, 5.41) is 24.6. The predicted molar refractivity (Wildman–Crippen MR) is 131 cm³/mol. The highest BCUT2D eigenvalue weighted by atomic mass is 32.2. The number of hydrogen-bond acceptors (Lipinski definition) is 14. The maximum atomic E-state index is 11.9. The zero-order chi connectivity index (χ0) is 28.6. The van der Waals surface area contributed by atoms with Crippen molar-refractivity contribution < 1.29 is 44.0 Å². The third-order valence-corrected chi connectivity index (χ3v) is 7.59. The van der Waals surface area contributed by atoms with Crippen LogP contribution in [0.15, 0.2) is 108 Å². The van der Waals surface area contributed by atoms with Crippen LogP contribution < -0.4 is 0 Å². The molecule has 39 heavy (non-hydrogen) atoms. The fourth-order valence-electron chi connectivity index (χ4n) is 3.36. The smallest absolute Gasteiger partial charge is 0.161 e. The molecule has 4 rings (SSSR count). The van der Waals surface area contributed by atoms with Gasteiger partial charge in [0, 0.05) is 5.39 Å². The van der Waals surface area contributed by atoms with Gasteiger partial charge in [-0.25, -0.2) is 25.3 Å². The van der Waals surface area contributed by atoms with E-state index in [0.717, 1.165) is 0 Å². The Labute approximate surface area is 221 Å². The highest BCUT2D eigenvalue weighted by Crippen LogP contribution is 2.44. The van der Waals surface area contributed by atoms with Crippen molar-refractivity contribution in [3.05, 3.63) is 72.8 Å². The Bertz CT molecular complexity index is 1980. The highest BCUT2D eigenvalue weighted by Gasteiger charge is 2.23. The van der Waals surface area contributed by atoms with Crippen LogP contribution in [0.4, 0.5) is 22.7 Å². The Morgan fingerprint density at radius 3 is 1.54 bits per heavy atom. The van der Waals surface area contributed by atoms with Crippen LogP contribution in [-0.2, 0) is 30.4 Å². The second kappa shape index (κ2) is 10.2. The SMILES string of the molecule is O=S(=O)([O-])c1cc(S(=O)(=O)[O-])c2c(N=Nc3ccc(N=Nc4ccccc4)cc3)c(O)c(S(=O)(=O)[O-])cc2c1. The lowest BCUT2D eigenvalue weighted by molar-refractivity contribution is 0.436. The van der Waals surface area contributed by atoms with E-state index in [2.05, 4.69) is 20.5 Å². The quantitative estimate of drug-likeness (QED) is 0.239. The summed E-state index contributed by atoms with van der Waals surface area (Å²) in [5.74, 6) is -1.35. The van der Waals surface area contributed by atoms with E-state index >= 15 is 0 Å². The molecule has 0 unspecified atom stereocenters. The summed E-state index contributed by atoms with van der Waals surface area (Å²) in [6, 6.07) is 15.7. The van der Waals surface area contributed by atoms with E-state index in [4.69, 9.17) is 0 Å². The molecule has 1 N–H and O–H groups in total. The van der Waals surface area contributed by atoms with Gasteiger partial charge in [-0.05, 0) is 60.0 Å². The normalized spacial score (nSPS) is 13.0. The highest BCUT2D eigenvalue weighted by molar-refractivity contribution is 7.87.